The van der Waals surface area contributed by atoms with E-state index in [1.54, 1.807) is 30.5 Å². The molecule has 4 aliphatic rings. The molecule has 2 saturated heterocycles. The Balaban J connectivity index is 1.15. The molecule has 2 radical (unpaired) electrons. The monoisotopic (exact) mass is 551 g/mol. The summed E-state index contributed by atoms with van der Waals surface area (Å²) in [6.07, 6.45) is 9.89. The van der Waals surface area contributed by atoms with E-state index in [0.717, 1.165) is 25.9 Å². The zero-order valence-electron chi connectivity index (χ0n) is 23.3. The van der Waals surface area contributed by atoms with Gasteiger partial charge in [-0.2, -0.15) is 5.10 Å². The van der Waals surface area contributed by atoms with Crippen molar-refractivity contribution in [3.63, 3.8) is 0 Å². The van der Waals surface area contributed by atoms with Crippen LogP contribution in [0.1, 0.15) is 79.4 Å². The van der Waals surface area contributed by atoms with Crippen LogP contribution >= 0.6 is 0 Å². The average Bonchev–Trinajstić information content (AvgIpc) is 3.54. The van der Waals surface area contributed by atoms with Crippen LogP contribution in [0.4, 0.5) is 5.69 Å². The zero-order valence-corrected chi connectivity index (χ0v) is 23.3. The number of amides is 3. The summed E-state index contributed by atoms with van der Waals surface area (Å²) in [5.41, 5.74) is 0.587. The Morgan fingerprint density at radius 3 is 2.61 bits per heavy atom. The molecule has 9 nitrogen and oxygen atoms in total. The Morgan fingerprint density at radius 1 is 1.12 bits per heavy atom. The molecule has 1 aromatic heterocycles. The molecule has 1 aliphatic carbocycles. The number of benzene rings is 2. The highest BCUT2D eigenvalue weighted by atomic mass is 16.3. The molecule has 2 unspecified atom stereocenters. The second-order valence-corrected chi connectivity index (χ2v) is 12.6. The summed E-state index contributed by atoms with van der Waals surface area (Å²) < 4.78 is 1.93. The molecule has 10 heteroatoms. The lowest BCUT2D eigenvalue weighted by atomic mass is 9.70. The zero-order chi connectivity index (χ0) is 28.5. The van der Waals surface area contributed by atoms with Gasteiger partial charge in [-0.05, 0) is 60.6 Å². The van der Waals surface area contributed by atoms with E-state index < -0.39 is 17.4 Å². The lowest BCUT2D eigenvalue weighted by Gasteiger charge is -2.44. The number of carbonyl (C=O) groups excluding carboxylic acids is 3. The van der Waals surface area contributed by atoms with Crippen molar-refractivity contribution in [1.82, 2.24) is 20.0 Å². The summed E-state index contributed by atoms with van der Waals surface area (Å²) in [6, 6.07) is 8.23. The number of aliphatic hydroxyl groups is 1. The van der Waals surface area contributed by atoms with Crippen molar-refractivity contribution in [1.29, 1.82) is 0 Å². The number of imide groups is 1. The average molecular weight is 551 g/mol. The molecule has 0 bridgehead atoms. The van der Waals surface area contributed by atoms with Gasteiger partial charge < -0.3 is 10.0 Å². The number of nitrogens with one attached hydrogen (secondary N) is 1. The van der Waals surface area contributed by atoms with Crippen molar-refractivity contribution < 1.29 is 19.5 Å². The molecule has 3 aromatic rings. The summed E-state index contributed by atoms with van der Waals surface area (Å²) in [5.74, 6) is -1.12. The van der Waals surface area contributed by atoms with Crippen LogP contribution in [0.2, 0.25) is 0 Å². The normalized spacial score (nSPS) is 24.4. The smallest absolute Gasteiger partial charge is 0.259 e. The van der Waals surface area contributed by atoms with Gasteiger partial charge in [0.05, 0.1) is 23.4 Å². The molecule has 210 valence electrons. The standard InChI is InChI=1S/C31H34BN5O4/c1-30(12-3-13-30)18-35-14-10-20(11-15-35)36-17-19(16-33-36)31(32,41)23-6-7-24-27-21(23)4-2-5-22(27)29(40)37(24)25-8-9-26(38)34-28(25)39/h2,4-7,16-17,20,25,41H,3,8-15,18H2,1H3,(H,34,38,39). The molecule has 4 heterocycles. The molecular formula is C31H34BN5O4. The van der Waals surface area contributed by atoms with E-state index in [1.165, 1.54) is 30.7 Å². The fourth-order valence-electron chi connectivity index (χ4n) is 7.29. The highest BCUT2D eigenvalue weighted by Crippen LogP contribution is 2.44. The van der Waals surface area contributed by atoms with Gasteiger partial charge in [0.15, 0.2) is 0 Å². The Labute approximate surface area is 240 Å². The quantitative estimate of drug-likeness (QED) is 0.361. The van der Waals surface area contributed by atoms with Gasteiger partial charge >= 0.3 is 0 Å². The third kappa shape index (κ3) is 4.30. The summed E-state index contributed by atoms with van der Waals surface area (Å²) in [7, 11) is 6.65. The minimum atomic E-state index is -1.85. The Morgan fingerprint density at radius 2 is 1.90 bits per heavy atom. The first-order chi connectivity index (χ1) is 19.6. The molecule has 2 aromatic carbocycles. The molecule has 2 N–H and O–H groups in total. The van der Waals surface area contributed by atoms with Gasteiger partial charge in [-0.15, -0.1) is 0 Å². The SMILES string of the molecule is [B]C(O)(c1cnn(C2CCN(CC3(C)CCC3)CC2)c1)c1ccc2c3c(cccc13)C(=O)N2C1CCC(=O)NC1=O. The highest BCUT2D eigenvalue weighted by Gasteiger charge is 2.42. The molecule has 3 amide bonds. The van der Waals surface area contributed by atoms with Crippen LogP contribution in [-0.4, -0.2) is 71.0 Å². The Bertz CT molecular complexity index is 1570. The van der Waals surface area contributed by atoms with Crippen LogP contribution in [0.3, 0.4) is 0 Å². The van der Waals surface area contributed by atoms with Crippen LogP contribution < -0.4 is 10.2 Å². The van der Waals surface area contributed by atoms with E-state index in [-0.39, 0.29) is 30.7 Å². The van der Waals surface area contributed by atoms with E-state index >= 15 is 0 Å². The largest absolute Gasteiger partial charge is 0.391 e. The maximum absolute atomic E-state index is 13.5. The third-order valence-electron chi connectivity index (χ3n) is 9.80. The van der Waals surface area contributed by atoms with Crippen LogP contribution in [0.5, 0.6) is 0 Å². The first-order valence-electron chi connectivity index (χ1n) is 14.7. The van der Waals surface area contributed by atoms with Crippen LogP contribution in [0.25, 0.3) is 10.8 Å². The van der Waals surface area contributed by atoms with E-state index in [1.807, 2.05) is 16.9 Å². The first-order valence-corrected chi connectivity index (χ1v) is 14.7. The second kappa shape index (κ2) is 9.53. The molecular weight excluding hydrogens is 517 g/mol. The molecule has 0 spiro atoms. The van der Waals surface area contributed by atoms with Gasteiger partial charge in [0.25, 0.3) is 5.91 Å². The van der Waals surface area contributed by atoms with E-state index in [2.05, 4.69) is 22.2 Å². The maximum Gasteiger partial charge on any atom is 0.259 e. The van der Waals surface area contributed by atoms with Crippen molar-refractivity contribution in [2.75, 3.05) is 24.5 Å². The van der Waals surface area contributed by atoms with Crippen molar-refractivity contribution in [2.45, 2.75) is 69.5 Å². The fourth-order valence-corrected chi connectivity index (χ4v) is 7.29. The molecule has 1 saturated carbocycles. The predicted octanol–water partition coefficient (Wildman–Crippen LogP) is 2.99. The maximum atomic E-state index is 13.5. The summed E-state index contributed by atoms with van der Waals surface area (Å²) in [6.45, 7) is 5.64. The van der Waals surface area contributed by atoms with Crippen molar-refractivity contribution >= 4 is 42.0 Å². The number of anilines is 1. The number of piperidine rings is 2. The van der Waals surface area contributed by atoms with Crippen LogP contribution in [-0.2, 0) is 15.1 Å². The minimum absolute atomic E-state index is 0.169. The van der Waals surface area contributed by atoms with E-state index in [4.69, 9.17) is 7.85 Å². The number of nitrogens with zero attached hydrogens (tertiary/aromatic N) is 4. The van der Waals surface area contributed by atoms with Gasteiger partial charge in [0, 0.05) is 48.8 Å². The predicted molar refractivity (Wildman–Crippen MR) is 155 cm³/mol. The molecule has 3 aliphatic heterocycles. The fraction of sp³-hybridized carbons (Fsp3) is 0.484. The molecule has 7 rings (SSSR count). The Kier molecular flexibility index (Phi) is 6.14. The van der Waals surface area contributed by atoms with Gasteiger partial charge in [-0.1, -0.05) is 31.5 Å². The number of hydrogen-bond acceptors (Lipinski definition) is 6. The summed E-state index contributed by atoms with van der Waals surface area (Å²) in [4.78, 5) is 41.9. The van der Waals surface area contributed by atoms with E-state index in [0.29, 0.717) is 38.6 Å². The topological polar surface area (TPSA) is 108 Å². The number of carbonyl (C=O) groups is 3. The van der Waals surface area contributed by atoms with Crippen molar-refractivity contribution in [3.8, 4) is 0 Å². The van der Waals surface area contributed by atoms with E-state index in [9.17, 15) is 19.5 Å². The van der Waals surface area contributed by atoms with Gasteiger partial charge in [-0.25, -0.2) is 0 Å². The first kappa shape index (κ1) is 26.4. The van der Waals surface area contributed by atoms with Gasteiger partial charge in [0.1, 0.15) is 13.9 Å². The highest BCUT2D eigenvalue weighted by molar-refractivity contribution is 6.28. The van der Waals surface area contributed by atoms with Crippen LogP contribution in [0.15, 0.2) is 42.7 Å². The third-order valence-corrected chi connectivity index (χ3v) is 9.80. The summed E-state index contributed by atoms with van der Waals surface area (Å²) in [5, 5.41) is 20.0. The molecule has 41 heavy (non-hydrogen) atoms. The Hall–Kier alpha value is -3.50. The lowest BCUT2D eigenvalue weighted by Crippen LogP contribution is -2.53. The number of rotatable bonds is 6. The minimum Gasteiger partial charge on any atom is -0.391 e. The lowest BCUT2D eigenvalue weighted by molar-refractivity contribution is -0.134. The molecule has 3 fully saturated rings. The van der Waals surface area contributed by atoms with Crippen LogP contribution in [0, 0.1) is 5.41 Å². The molecule has 2 atom stereocenters. The second-order valence-electron chi connectivity index (χ2n) is 12.6. The van der Waals surface area contributed by atoms with Crippen molar-refractivity contribution in [3.05, 3.63) is 59.4 Å². The number of hydrogen-bond donors (Lipinski definition) is 2. The van der Waals surface area contributed by atoms with Gasteiger partial charge in [0.2, 0.25) is 11.8 Å². The number of aromatic nitrogens is 2. The number of likely N-dealkylation sites (tertiary alicyclic amines) is 1. The van der Waals surface area contributed by atoms with Gasteiger partial charge in [-0.3, -0.25) is 29.3 Å². The van der Waals surface area contributed by atoms with Crippen molar-refractivity contribution in [2.24, 2.45) is 5.41 Å². The summed E-state index contributed by atoms with van der Waals surface area (Å²) >= 11 is 0.